The van der Waals surface area contributed by atoms with Crippen LogP contribution < -0.4 is 10.1 Å². The minimum Gasteiger partial charge on any atom is -0.496 e. The molecule has 2 aromatic rings. The van der Waals surface area contributed by atoms with Crippen molar-refractivity contribution >= 4 is 34.9 Å². The number of nitrogens with zero attached hydrogens (tertiary/aromatic N) is 2. The van der Waals surface area contributed by atoms with E-state index in [0.717, 1.165) is 33.5 Å². The predicted octanol–water partition coefficient (Wildman–Crippen LogP) is 2.88. The van der Waals surface area contributed by atoms with Gasteiger partial charge in [0.05, 0.1) is 12.0 Å². The number of pyridine rings is 1. The summed E-state index contributed by atoms with van der Waals surface area (Å²) >= 11 is 0.891. The lowest BCUT2D eigenvalue weighted by Crippen LogP contribution is -2.37. The Morgan fingerprint density at radius 1 is 1.24 bits per heavy atom. The fourth-order valence-corrected chi connectivity index (χ4v) is 3.72. The third kappa shape index (κ3) is 5.45. The Bertz CT molecular complexity index is 931. The number of carbonyl (C=O) groups excluding carboxylic acids is 3. The highest BCUT2D eigenvalue weighted by molar-refractivity contribution is 8.18. The van der Waals surface area contributed by atoms with E-state index in [1.165, 1.54) is 0 Å². The Labute approximate surface area is 173 Å². The zero-order chi connectivity index (χ0) is 20.6. The minimum atomic E-state index is -0.355. The first-order valence-electron chi connectivity index (χ1n) is 9.12. The number of aryl methyl sites for hydroxylation is 1. The van der Waals surface area contributed by atoms with Crippen LogP contribution in [-0.4, -0.2) is 47.1 Å². The number of imide groups is 1. The number of aromatic nitrogens is 1. The second-order valence-electron chi connectivity index (χ2n) is 6.28. The van der Waals surface area contributed by atoms with Gasteiger partial charge in [-0.15, -0.1) is 0 Å². The van der Waals surface area contributed by atoms with Crippen molar-refractivity contribution in [2.75, 3.05) is 20.2 Å². The summed E-state index contributed by atoms with van der Waals surface area (Å²) in [5, 5.41) is 2.42. The highest BCUT2D eigenvalue weighted by Crippen LogP contribution is 2.31. The van der Waals surface area contributed by atoms with Gasteiger partial charge in [-0.2, -0.15) is 0 Å². The number of carbonyl (C=O) groups is 3. The molecular weight excluding hydrogens is 390 g/mol. The summed E-state index contributed by atoms with van der Waals surface area (Å²) in [6, 6.07) is 11.1. The molecule has 2 heterocycles. The number of ether oxygens (including phenoxy) is 1. The van der Waals surface area contributed by atoms with Gasteiger partial charge in [-0.1, -0.05) is 24.3 Å². The lowest BCUT2D eigenvalue weighted by atomic mass is 10.1. The van der Waals surface area contributed by atoms with E-state index in [1.807, 2.05) is 30.3 Å². The Morgan fingerprint density at radius 3 is 2.83 bits per heavy atom. The Kier molecular flexibility index (Phi) is 7.02. The molecule has 3 rings (SSSR count). The Hall–Kier alpha value is -3.13. The van der Waals surface area contributed by atoms with Crippen molar-refractivity contribution in [1.82, 2.24) is 15.2 Å². The number of rotatable bonds is 8. The molecule has 0 aliphatic carbocycles. The molecule has 0 bridgehead atoms. The molecule has 0 saturated carbocycles. The van der Waals surface area contributed by atoms with Gasteiger partial charge in [0, 0.05) is 31.9 Å². The first kappa shape index (κ1) is 20.6. The zero-order valence-electron chi connectivity index (χ0n) is 16.0. The van der Waals surface area contributed by atoms with Gasteiger partial charge in [-0.05, 0) is 47.5 Å². The molecule has 3 amide bonds. The van der Waals surface area contributed by atoms with Crippen molar-refractivity contribution < 1.29 is 19.1 Å². The summed E-state index contributed by atoms with van der Waals surface area (Å²) in [6.07, 6.45) is 5.74. The van der Waals surface area contributed by atoms with E-state index < -0.39 is 0 Å². The third-order valence-electron chi connectivity index (χ3n) is 4.33. The maximum atomic E-state index is 12.4. The number of amides is 3. The van der Waals surface area contributed by atoms with Crippen LogP contribution in [0.15, 0.2) is 53.7 Å². The molecule has 1 aliphatic heterocycles. The van der Waals surface area contributed by atoms with Crippen LogP contribution in [0.5, 0.6) is 5.75 Å². The molecule has 1 aromatic carbocycles. The van der Waals surface area contributed by atoms with Gasteiger partial charge in [0.2, 0.25) is 5.91 Å². The summed E-state index contributed by atoms with van der Waals surface area (Å²) < 4.78 is 5.28. The average Bonchev–Trinajstić information content (AvgIpc) is 3.00. The van der Waals surface area contributed by atoms with E-state index in [4.69, 9.17) is 4.74 Å². The molecule has 1 N–H and O–H groups in total. The third-order valence-corrected chi connectivity index (χ3v) is 5.23. The molecule has 0 spiro atoms. The van der Waals surface area contributed by atoms with Crippen molar-refractivity contribution in [2.45, 2.75) is 12.8 Å². The topological polar surface area (TPSA) is 88.6 Å². The van der Waals surface area contributed by atoms with E-state index >= 15 is 0 Å². The monoisotopic (exact) mass is 411 g/mol. The van der Waals surface area contributed by atoms with Crippen molar-refractivity contribution in [1.29, 1.82) is 0 Å². The van der Waals surface area contributed by atoms with Gasteiger partial charge >= 0.3 is 0 Å². The smallest absolute Gasteiger partial charge is 0.293 e. The standard InChI is InChI=1S/C21H21N3O4S/c1-28-17-7-3-2-6-16(17)8-9-19(25)23-11-12-24-20(26)18(29-21(24)27)13-15-5-4-10-22-14-15/h2-7,10,13-14H,8-9,11-12H2,1H3,(H,23,25)/b18-13+. The number of hydrogen-bond donors (Lipinski definition) is 1. The number of methoxy groups -OCH3 is 1. The van der Waals surface area contributed by atoms with Crippen molar-refractivity contribution in [3.63, 3.8) is 0 Å². The highest BCUT2D eigenvalue weighted by atomic mass is 32.2. The van der Waals surface area contributed by atoms with Crippen LogP contribution in [0.1, 0.15) is 17.5 Å². The van der Waals surface area contributed by atoms with Crippen molar-refractivity contribution in [3.8, 4) is 5.75 Å². The Balaban J connectivity index is 1.47. The van der Waals surface area contributed by atoms with Crippen LogP contribution in [0.2, 0.25) is 0 Å². The number of para-hydroxylation sites is 1. The fourth-order valence-electron chi connectivity index (χ4n) is 2.86. The maximum absolute atomic E-state index is 12.4. The summed E-state index contributed by atoms with van der Waals surface area (Å²) in [7, 11) is 1.60. The molecule has 7 nitrogen and oxygen atoms in total. The molecule has 0 atom stereocenters. The van der Waals surface area contributed by atoms with E-state index in [-0.39, 0.29) is 30.1 Å². The van der Waals surface area contributed by atoms with Crippen LogP contribution in [0.25, 0.3) is 6.08 Å². The number of benzene rings is 1. The lowest BCUT2D eigenvalue weighted by Gasteiger charge is -2.13. The summed E-state index contributed by atoms with van der Waals surface area (Å²) in [4.78, 5) is 42.2. The second-order valence-corrected chi connectivity index (χ2v) is 7.27. The first-order valence-corrected chi connectivity index (χ1v) is 9.94. The van der Waals surface area contributed by atoms with Crippen LogP contribution in [0.4, 0.5) is 4.79 Å². The zero-order valence-corrected chi connectivity index (χ0v) is 16.8. The predicted molar refractivity (Wildman–Crippen MR) is 111 cm³/mol. The van der Waals surface area contributed by atoms with Gasteiger partial charge in [0.1, 0.15) is 5.75 Å². The van der Waals surface area contributed by atoms with Crippen LogP contribution in [0, 0.1) is 0 Å². The number of thioether (sulfide) groups is 1. The highest BCUT2D eigenvalue weighted by Gasteiger charge is 2.34. The van der Waals surface area contributed by atoms with E-state index in [1.54, 1.807) is 31.6 Å². The molecular formula is C21H21N3O4S. The van der Waals surface area contributed by atoms with Gasteiger partial charge < -0.3 is 10.1 Å². The van der Waals surface area contributed by atoms with Crippen LogP contribution in [-0.2, 0) is 16.0 Å². The maximum Gasteiger partial charge on any atom is 0.293 e. The molecule has 0 radical (unpaired) electrons. The molecule has 8 heteroatoms. The molecule has 0 unspecified atom stereocenters. The molecule has 1 saturated heterocycles. The van der Waals surface area contributed by atoms with Gasteiger partial charge in [-0.3, -0.25) is 24.3 Å². The lowest BCUT2D eigenvalue weighted by molar-refractivity contribution is -0.124. The fraction of sp³-hybridized carbons (Fsp3) is 0.238. The summed E-state index contributed by atoms with van der Waals surface area (Å²) in [5.74, 6) is 0.249. The van der Waals surface area contributed by atoms with Crippen LogP contribution in [0.3, 0.4) is 0 Å². The molecule has 1 aliphatic rings. The second kappa shape index (κ2) is 9.88. The largest absolute Gasteiger partial charge is 0.496 e. The molecule has 150 valence electrons. The van der Waals surface area contributed by atoms with Crippen molar-refractivity contribution in [2.24, 2.45) is 0 Å². The minimum absolute atomic E-state index is 0.134. The number of hydrogen-bond acceptors (Lipinski definition) is 6. The first-order chi connectivity index (χ1) is 14.1. The van der Waals surface area contributed by atoms with Crippen LogP contribution >= 0.6 is 11.8 Å². The van der Waals surface area contributed by atoms with Gasteiger partial charge in [0.25, 0.3) is 11.1 Å². The average molecular weight is 411 g/mol. The quantitative estimate of drug-likeness (QED) is 0.672. The summed E-state index contributed by atoms with van der Waals surface area (Å²) in [6.45, 7) is 0.346. The van der Waals surface area contributed by atoms with E-state index in [0.29, 0.717) is 17.7 Å². The summed E-state index contributed by atoms with van der Waals surface area (Å²) in [5.41, 5.74) is 1.71. The SMILES string of the molecule is COc1ccccc1CCC(=O)NCCN1C(=O)S/C(=C/c2cccnc2)C1=O. The Morgan fingerprint density at radius 2 is 2.07 bits per heavy atom. The van der Waals surface area contributed by atoms with Gasteiger partial charge in [0.15, 0.2) is 0 Å². The van der Waals surface area contributed by atoms with E-state index in [9.17, 15) is 14.4 Å². The van der Waals surface area contributed by atoms with Crippen molar-refractivity contribution in [3.05, 3.63) is 64.8 Å². The number of nitrogens with one attached hydrogen (secondary N) is 1. The normalized spacial score (nSPS) is 15.1. The molecule has 29 heavy (non-hydrogen) atoms. The molecule has 1 fully saturated rings. The molecule has 1 aromatic heterocycles. The van der Waals surface area contributed by atoms with E-state index in [2.05, 4.69) is 10.3 Å². The van der Waals surface area contributed by atoms with Gasteiger partial charge in [-0.25, -0.2) is 0 Å².